The minimum absolute atomic E-state index is 0.0491. The summed E-state index contributed by atoms with van der Waals surface area (Å²) < 4.78 is 13.0. The molecule has 0 bridgehead atoms. The molecule has 0 aromatic heterocycles. The molecule has 2 saturated heterocycles. The molecule has 2 fully saturated rings. The second kappa shape index (κ2) is 7.20. The van der Waals surface area contributed by atoms with E-state index < -0.39 is 0 Å². The van der Waals surface area contributed by atoms with Crippen LogP contribution in [0, 0.1) is 5.82 Å². The van der Waals surface area contributed by atoms with Crippen molar-refractivity contribution >= 4 is 5.91 Å². The maximum Gasteiger partial charge on any atom is 0.237 e. The normalized spacial score (nSPS) is 26.0. The number of nitrogens with one attached hydrogen (secondary N) is 2. The Bertz CT molecular complexity index is 499. The number of rotatable bonds is 4. The number of carbonyl (C=O) groups is 1. The predicted octanol–water partition coefficient (Wildman–Crippen LogP) is 1.66. The number of piperidine rings is 1. The van der Waals surface area contributed by atoms with E-state index in [0.717, 1.165) is 50.9 Å². The maximum absolute atomic E-state index is 13.0. The van der Waals surface area contributed by atoms with Crippen molar-refractivity contribution in [3.63, 3.8) is 0 Å². The molecular formula is C17H24FN3O. The van der Waals surface area contributed by atoms with Crippen LogP contribution in [-0.2, 0) is 11.3 Å². The molecule has 2 unspecified atom stereocenters. The zero-order chi connectivity index (χ0) is 15.4. The molecule has 0 spiro atoms. The van der Waals surface area contributed by atoms with Crippen molar-refractivity contribution < 1.29 is 9.18 Å². The van der Waals surface area contributed by atoms with Crippen LogP contribution in [0.15, 0.2) is 24.3 Å². The number of hydrogen-bond donors (Lipinski definition) is 2. The molecule has 120 valence electrons. The molecule has 2 N–H and O–H groups in total. The summed E-state index contributed by atoms with van der Waals surface area (Å²) in [6, 6.07) is 6.77. The molecule has 0 saturated carbocycles. The van der Waals surface area contributed by atoms with E-state index in [9.17, 15) is 9.18 Å². The average Bonchev–Trinajstić information content (AvgIpc) is 2.99. The van der Waals surface area contributed by atoms with Gasteiger partial charge in [-0.15, -0.1) is 0 Å². The van der Waals surface area contributed by atoms with Crippen molar-refractivity contribution in [3.05, 3.63) is 35.6 Å². The number of halogens is 1. The zero-order valence-electron chi connectivity index (χ0n) is 12.9. The van der Waals surface area contributed by atoms with Crippen LogP contribution in [0.4, 0.5) is 4.39 Å². The predicted molar refractivity (Wildman–Crippen MR) is 83.9 cm³/mol. The number of likely N-dealkylation sites (tertiary alicyclic amines) is 1. The lowest BCUT2D eigenvalue weighted by molar-refractivity contribution is -0.126. The Morgan fingerprint density at radius 3 is 2.82 bits per heavy atom. The van der Waals surface area contributed by atoms with Gasteiger partial charge in [-0.1, -0.05) is 12.1 Å². The Balaban J connectivity index is 1.57. The highest BCUT2D eigenvalue weighted by Crippen LogP contribution is 2.21. The van der Waals surface area contributed by atoms with E-state index in [0.29, 0.717) is 6.54 Å². The van der Waals surface area contributed by atoms with Crippen molar-refractivity contribution in [2.24, 2.45) is 0 Å². The Morgan fingerprint density at radius 1 is 1.27 bits per heavy atom. The number of amides is 1. The fraction of sp³-hybridized carbons (Fsp3) is 0.588. The number of hydrogen-bond acceptors (Lipinski definition) is 3. The number of nitrogens with zero attached hydrogens (tertiary/aromatic N) is 1. The van der Waals surface area contributed by atoms with Crippen LogP contribution >= 0.6 is 0 Å². The van der Waals surface area contributed by atoms with E-state index in [1.807, 2.05) is 0 Å². The Kier molecular flexibility index (Phi) is 5.05. The molecule has 1 amide bonds. The molecule has 1 aromatic carbocycles. The highest BCUT2D eigenvalue weighted by molar-refractivity contribution is 5.82. The number of benzene rings is 1. The molecule has 0 aliphatic carbocycles. The Hall–Kier alpha value is -1.46. The van der Waals surface area contributed by atoms with Crippen LogP contribution in [-0.4, -0.2) is 42.5 Å². The molecule has 1 aromatic rings. The second-order valence-electron chi connectivity index (χ2n) is 6.31. The van der Waals surface area contributed by atoms with Gasteiger partial charge < -0.3 is 10.6 Å². The summed E-state index contributed by atoms with van der Waals surface area (Å²) in [4.78, 5) is 14.7. The quantitative estimate of drug-likeness (QED) is 0.889. The van der Waals surface area contributed by atoms with Gasteiger partial charge in [0.05, 0.1) is 6.04 Å². The summed E-state index contributed by atoms with van der Waals surface area (Å²) in [5.74, 6) is -0.0717. The van der Waals surface area contributed by atoms with Gasteiger partial charge in [-0.25, -0.2) is 4.39 Å². The van der Waals surface area contributed by atoms with Gasteiger partial charge in [0.25, 0.3) is 0 Å². The lowest BCUT2D eigenvalue weighted by atomic mass is 10.1. The van der Waals surface area contributed by atoms with Crippen LogP contribution in [0.3, 0.4) is 0 Å². The van der Waals surface area contributed by atoms with Gasteiger partial charge >= 0.3 is 0 Å². The largest absolute Gasteiger partial charge is 0.351 e. The monoisotopic (exact) mass is 305 g/mol. The molecule has 2 heterocycles. The van der Waals surface area contributed by atoms with Gasteiger partial charge in [0.1, 0.15) is 5.82 Å². The summed E-state index contributed by atoms with van der Waals surface area (Å²) in [7, 11) is 0. The maximum atomic E-state index is 13.0. The third kappa shape index (κ3) is 3.84. The first-order valence-electron chi connectivity index (χ1n) is 8.22. The van der Waals surface area contributed by atoms with Crippen LogP contribution in [0.2, 0.25) is 0 Å². The van der Waals surface area contributed by atoms with Crippen molar-refractivity contribution in [1.29, 1.82) is 0 Å². The Labute approximate surface area is 131 Å². The lowest BCUT2D eigenvalue weighted by Gasteiger charge is -2.28. The topological polar surface area (TPSA) is 44.4 Å². The van der Waals surface area contributed by atoms with Crippen molar-refractivity contribution in [2.45, 2.75) is 44.3 Å². The van der Waals surface area contributed by atoms with Crippen molar-refractivity contribution in [1.82, 2.24) is 15.5 Å². The SMILES string of the molecule is O=C(NC1CCCNC1)C1CCCN1Cc1ccc(F)cc1. The molecule has 5 heteroatoms. The number of carbonyl (C=O) groups excluding carboxylic acids is 1. The fourth-order valence-corrected chi connectivity index (χ4v) is 3.41. The molecule has 2 aliphatic rings. The van der Waals surface area contributed by atoms with E-state index in [1.54, 1.807) is 12.1 Å². The molecule has 2 aliphatic heterocycles. The summed E-state index contributed by atoms with van der Waals surface area (Å²) in [5, 5.41) is 6.51. The molecule has 3 rings (SSSR count). The first-order valence-corrected chi connectivity index (χ1v) is 8.22. The van der Waals surface area contributed by atoms with Gasteiger partial charge in [-0.2, -0.15) is 0 Å². The van der Waals surface area contributed by atoms with E-state index in [-0.39, 0.29) is 23.8 Å². The summed E-state index contributed by atoms with van der Waals surface area (Å²) in [5.41, 5.74) is 1.06. The van der Waals surface area contributed by atoms with Gasteiger partial charge in [0.15, 0.2) is 0 Å². The standard InChI is InChI=1S/C17H24FN3O/c18-14-7-5-13(6-8-14)12-21-10-2-4-16(21)17(22)20-15-3-1-9-19-11-15/h5-8,15-16,19H,1-4,9-12H2,(H,20,22). The molecular weight excluding hydrogens is 281 g/mol. The van der Waals surface area contributed by atoms with Gasteiger partial charge in [0.2, 0.25) is 5.91 Å². The van der Waals surface area contributed by atoms with Gasteiger partial charge in [0, 0.05) is 19.1 Å². The highest BCUT2D eigenvalue weighted by Gasteiger charge is 2.31. The zero-order valence-corrected chi connectivity index (χ0v) is 12.9. The minimum atomic E-state index is -0.218. The van der Waals surface area contributed by atoms with E-state index in [1.165, 1.54) is 12.1 Å². The summed E-state index contributed by atoms with van der Waals surface area (Å²) >= 11 is 0. The van der Waals surface area contributed by atoms with E-state index in [2.05, 4.69) is 15.5 Å². The van der Waals surface area contributed by atoms with Crippen molar-refractivity contribution in [2.75, 3.05) is 19.6 Å². The van der Waals surface area contributed by atoms with Crippen LogP contribution in [0.25, 0.3) is 0 Å². The summed E-state index contributed by atoms with van der Waals surface area (Å²) in [6.45, 7) is 3.56. The van der Waals surface area contributed by atoms with E-state index >= 15 is 0 Å². The van der Waals surface area contributed by atoms with Gasteiger partial charge in [-0.3, -0.25) is 9.69 Å². The lowest BCUT2D eigenvalue weighted by Crippen LogP contribution is -2.51. The van der Waals surface area contributed by atoms with Crippen LogP contribution in [0.5, 0.6) is 0 Å². The highest BCUT2D eigenvalue weighted by atomic mass is 19.1. The third-order valence-electron chi connectivity index (χ3n) is 4.61. The molecule has 2 atom stereocenters. The minimum Gasteiger partial charge on any atom is -0.351 e. The smallest absolute Gasteiger partial charge is 0.237 e. The first kappa shape index (κ1) is 15.4. The first-order chi connectivity index (χ1) is 10.7. The Morgan fingerprint density at radius 2 is 2.09 bits per heavy atom. The van der Waals surface area contributed by atoms with Crippen LogP contribution in [0.1, 0.15) is 31.2 Å². The molecule has 0 radical (unpaired) electrons. The average molecular weight is 305 g/mol. The van der Waals surface area contributed by atoms with Crippen molar-refractivity contribution in [3.8, 4) is 0 Å². The molecule has 22 heavy (non-hydrogen) atoms. The second-order valence-corrected chi connectivity index (χ2v) is 6.31. The molecule has 4 nitrogen and oxygen atoms in total. The summed E-state index contributed by atoms with van der Waals surface area (Å²) in [6.07, 6.45) is 4.13. The third-order valence-corrected chi connectivity index (χ3v) is 4.61. The van der Waals surface area contributed by atoms with Crippen LogP contribution < -0.4 is 10.6 Å². The van der Waals surface area contributed by atoms with Gasteiger partial charge in [-0.05, 0) is 56.5 Å². The van der Waals surface area contributed by atoms with E-state index in [4.69, 9.17) is 0 Å². The fourth-order valence-electron chi connectivity index (χ4n) is 3.41.